The summed E-state index contributed by atoms with van der Waals surface area (Å²) < 4.78 is 23.7. The summed E-state index contributed by atoms with van der Waals surface area (Å²) in [4.78, 5) is 32.8. The van der Waals surface area contributed by atoms with Crippen molar-refractivity contribution in [3.05, 3.63) is 36.0 Å². The molecule has 160 valence electrons. The lowest BCUT2D eigenvalue weighted by molar-refractivity contribution is -0.146. The van der Waals surface area contributed by atoms with Crippen LogP contribution in [-0.4, -0.2) is 70.6 Å². The first kappa shape index (κ1) is 20.5. The van der Waals surface area contributed by atoms with Crippen molar-refractivity contribution >= 4 is 11.8 Å². The van der Waals surface area contributed by atoms with Crippen molar-refractivity contribution in [1.82, 2.24) is 19.9 Å². The van der Waals surface area contributed by atoms with E-state index in [1.54, 1.807) is 21.9 Å². The maximum Gasteiger partial charge on any atom is 0.251 e. The van der Waals surface area contributed by atoms with Crippen LogP contribution in [0.3, 0.4) is 0 Å². The van der Waals surface area contributed by atoms with Crippen molar-refractivity contribution in [1.29, 1.82) is 0 Å². The molecule has 1 atom stereocenters. The zero-order valence-electron chi connectivity index (χ0n) is 16.8. The number of hydrogen-bond donors (Lipinski definition) is 0. The van der Waals surface area contributed by atoms with E-state index in [2.05, 4.69) is 10.1 Å². The second kappa shape index (κ2) is 9.34. The fourth-order valence-corrected chi connectivity index (χ4v) is 3.77. The Morgan fingerprint density at radius 2 is 1.83 bits per heavy atom. The third-order valence-corrected chi connectivity index (χ3v) is 5.50. The largest absolute Gasteiger partial charge is 0.368 e. The van der Waals surface area contributed by atoms with Crippen molar-refractivity contribution in [2.24, 2.45) is 0 Å². The second-order valence-corrected chi connectivity index (χ2v) is 7.58. The van der Waals surface area contributed by atoms with Crippen LogP contribution in [0.5, 0.6) is 0 Å². The van der Waals surface area contributed by atoms with Gasteiger partial charge in [-0.15, -0.1) is 0 Å². The molecule has 2 fully saturated rings. The molecule has 30 heavy (non-hydrogen) atoms. The molecule has 1 unspecified atom stereocenters. The predicted octanol–water partition coefficient (Wildman–Crippen LogP) is 2.05. The minimum absolute atomic E-state index is 0.0490. The van der Waals surface area contributed by atoms with Crippen molar-refractivity contribution < 1.29 is 23.2 Å². The molecule has 0 bridgehead atoms. The highest BCUT2D eigenvalue weighted by Gasteiger charge is 2.31. The number of benzene rings is 1. The number of rotatable bonds is 6. The quantitative estimate of drug-likeness (QED) is 0.716. The molecule has 3 heterocycles. The molecule has 9 heteroatoms. The number of amides is 2. The number of nitrogens with zero attached hydrogens (tertiary/aromatic N) is 4. The molecule has 1 aromatic heterocycles. The molecule has 4 rings (SSSR count). The van der Waals surface area contributed by atoms with Gasteiger partial charge in [0.15, 0.2) is 0 Å². The molecule has 8 nitrogen and oxygen atoms in total. The van der Waals surface area contributed by atoms with Gasteiger partial charge in [-0.3, -0.25) is 9.59 Å². The summed E-state index contributed by atoms with van der Waals surface area (Å²) in [5.74, 6) is 0.654. The maximum absolute atomic E-state index is 13.0. The zero-order chi connectivity index (χ0) is 20.9. The Morgan fingerprint density at radius 1 is 1.10 bits per heavy atom. The van der Waals surface area contributed by atoms with Gasteiger partial charge in [-0.05, 0) is 43.5 Å². The molecule has 0 spiro atoms. The Labute approximate surface area is 174 Å². The number of hydrogen-bond acceptors (Lipinski definition) is 6. The van der Waals surface area contributed by atoms with E-state index in [4.69, 9.17) is 9.26 Å². The standard InChI is InChI=1S/C21H25FN4O4/c22-16-8-6-15(7-9-16)20-23-18(30-24-20)4-1-5-19(27)25-10-12-26(13-11-25)21(28)17-3-2-14-29-17/h6-9,17H,1-5,10-14H2. The van der Waals surface area contributed by atoms with Crippen molar-refractivity contribution in [2.75, 3.05) is 32.8 Å². The van der Waals surface area contributed by atoms with Crippen LogP contribution in [0.1, 0.15) is 31.6 Å². The van der Waals surface area contributed by atoms with Crippen LogP contribution in [0.15, 0.2) is 28.8 Å². The fourth-order valence-electron chi connectivity index (χ4n) is 3.77. The molecule has 0 N–H and O–H groups in total. The van der Waals surface area contributed by atoms with Gasteiger partial charge >= 0.3 is 0 Å². The Balaban J connectivity index is 1.19. The summed E-state index contributed by atoms with van der Waals surface area (Å²) in [6.45, 7) is 2.85. The maximum atomic E-state index is 13.0. The lowest BCUT2D eigenvalue weighted by atomic mass is 10.1. The zero-order valence-corrected chi connectivity index (χ0v) is 16.8. The Kier molecular flexibility index (Phi) is 6.37. The van der Waals surface area contributed by atoms with E-state index in [-0.39, 0.29) is 23.7 Å². The molecule has 2 aliphatic heterocycles. The van der Waals surface area contributed by atoms with Gasteiger partial charge in [0.05, 0.1) is 0 Å². The smallest absolute Gasteiger partial charge is 0.251 e. The van der Waals surface area contributed by atoms with Crippen molar-refractivity contribution in [3.63, 3.8) is 0 Å². The Morgan fingerprint density at radius 3 is 2.53 bits per heavy atom. The molecule has 2 amide bonds. The first-order valence-corrected chi connectivity index (χ1v) is 10.4. The van der Waals surface area contributed by atoms with Crippen LogP contribution < -0.4 is 0 Å². The highest BCUT2D eigenvalue weighted by molar-refractivity contribution is 5.82. The summed E-state index contributed by atoms with van der Waals surface area (Å²) in [6, 6.07) is 5.88. The van der Waals surface area contributed by atoms with E-state index in [1.165, 1.54) is 12.1 Å². The molecular weight excluding hydrogens is 391 g/mol. The Bertz CT molecular complexity index is 871. The molecule has 2 aromatic rings. The van der Waals surface area contributed by atoms with Crippen LogP contribution in [0.25, 0.3) is 11.4 Å². The van der Waals surface area contributed by atoms with Crippen molar-refractivity contribution in [3.8, 4) is 11.4 Å². The van der Waals surface area contributed by atoms with Crippen LogP contribution in [-0.2, 0) is 20.7 Å². The normalized spacial score (nSPS) is 19.3. The molecule has 0 aliphatic carbocycles. The first-order chi connectivity index (χ1) is 14.6. The van der Waals surface area contributed by atoms with Gasteiger partial charge < -0.3 is 19.1 Å². The van der Waals surface area contributed by atoms with Gasteiger partial charge in [0, 0.05) is 51.2 Å². The molecular formula is C21H25FN4O4. The highest BCUT2D eigenvalue weighted by Crippen LogP contribution is 2.18. The molecule has 0 radical (unpaired) electrons. The second-order valence-electron chi connectivity index (χ2n) is 7.58. The van der Waals surface area contributed by atoms with Gasteiger partial charge in [-0.1, -0.05) is 5.16 Å². The van der Waals surface area contributed by atoms with E-state index in [1.807, 2.05) is 0 Å². The monoisotopic (exact) mass is 416 g/mol. The molecule has 2 aliphatic rings. The number of halogens is 1. The minimum atomic E-state index is -0.321. The molecule has 1 aromatic carbocycles. The lowest BCUT2D eigenvalue weighted by Crippen LogP contribution is -2.52. The number of carbonyl (C=O) groups is 2. The van der Waals surface area contributed by atoms with E-state index in [9.17, 15) is 14.0 Å². The molecule has 2 saturated heterocycles. The van der Waals surface area contributed by atoms with Crippen LogP contribution in [0, 0.1) is 5.82 Å². The minimum Gasteiger partial charge on any atom is -0.368 e. The average molecular weight is 416 g/mol. The summed E-state index contributed by atoms with van der Waals surface area (Å²) in [6.07, 6.45) is 2.89. The summed E-state index contributed by atoms with van der Waals surface area (Å²) >= 11 is 0. The number of piperazine rings is 1. The first-order valence-electron chi connectivity index (χ1n) is 10.4. The third kappa shape index (κ3) is 4.84. The van der Waals surface area contributed by atoms with Gasteiger partial charge in [-0.2, -0.15) is 4.98 Å². The average Bonchev–Trinajstić information content (AvgIpc) is 3.46. The van der Waals surface area contributed by atoms with E-state index in [0.29, 0.717) is 69.3 Å². The van der Waals surface area contributed by atoms with Gasteiger partial charge in [-0.25, -0.2) is 4.39 Å². The predicted molar refractivity (Wildman–Crippen MR) is 105 cm³/mol. The number of aryl methyl sites for hydroxylation is 1. The number of ether oxygens (including phenoxy) is 1. The fraction of sp³-hybridized carbons (Fsp3) is 0.524. The molecule has 0 saturated carbocycles. The topological polar surface area (TPSA) is 88.8 Å². The number of aromatic nitrogens is 2. The van der Waals surface area contributed by atoms with Crippen LogP contribution in [0.4, 0.5) is 4.39 Å². The van der Waals surface area contributed by atoms with Gasteiger partial charge in [0.1, 0.15) is 11.9 Å². The van der Waals surface area contributed by atoms with Gasteiger partial charge in [0.2, 0.25) is 17.6 Å². The van der Waals surface area contributed by atoms with Gasteiger partial charge in [0.25, 0.3) is 5.91 Å². The van der Waals surface area contributed by atoms with E-state index in [0.717, 1.165) is 12.8 Å². The van der Waals surface area contributed by atoms with E-state index < -0.39 is 0 Å². The Hall–Kier alpha value is -2.81. The lowest BCUT2D eigenvalue weighted by Gasteiger charge is -2.35. The SMILES string of the molecule is O=C(CCCc1nc(-c2ccc(F)cc2)no1)N1CCN(C(=O)C2CCCO2)CC1. The van der Waals surface area contributed by atoms with Crippen molar-refractivity contribution in [2.45, 2.75) is 38.2 Å². The summed E-state index contributed by atoms with van der Waals surface area (Å²) in [5, 5.41) is 3.91. The van der Waals surface area contributed by atoms with Crippen LogP contribution in [0.2, 0.25) is 0 Å². The summed E-state index contributed by atoms with van der Waals surface area (Å²) in [7, 11) is 0. The highest BCUT2D eigenvalue weighted by atomic mass is 19.1. The van der Waals surface area contributed by atoms with Crippen LogP contribution >= 0.6 is 0 Å². The number of carbonyl (C=O) groups excluding carboxylic acids is 2. The van der Waals surface area contributed by atoms with E-state index >= 15 is 0 Å². The third-order valence-electron chi connectivity index (χ3n) is 5.50. The summed E-state index contributed by atoms with van der Waals surface area (Å²) in [5.41, 5.74) is 0.679.